The van der Waals surface area contributed by atoms with E-state index in [4.69, 9.17) is 0 Å². The molecule has 0 radical (unpaired) electrons. The molecule has 0 aromatic heterocycles. The predicted octanol–water partition coefficient (Wildman–Crippen LogP) is 2.13. The van der Waals surface area contributed by atoms with Crippen molar-refractivity contribution in [2.75, 3.05) is 18.4 Å². The van der Waals surface area contributed by atoms with E-state index in [-0.39, 0.29) is 0 Å². The number of rotatable bonds is 3. The summed E-state index contributed by atoms with van der Waals surface area (Å²) in [6, 6.07) is 3.89. The molecule has 82 valence electrons. The Bertz CT molecular complexity index is 315. The molecular formula is C11H14F2N2. The van der Waals surface area contributed by atoms with Crippen LogP contribution in [0.4, 0.5) is 14.5 Å². The van der Waals surface area contributed by atoms with E-state index in [1.54, 1.807) is 0 Å². The summed E-state index contributed by atoms with van der Waals surface area (Å²) in [6.45, 7) is 1.74. The van der Waals surface area contributed by atoms with Gasteiger partial charge in [-0.15, -0.1) is 0 Å². The second-order valence-electron chi connectivity index (χ2n) is 3.83. The van der Waals surface area contributed by atoms with Crippen LogP contribution in [0.1, 0.15) is 12.8 Å². The van der Waals surface area contributed by atoms with E-state index in [1.165, 1.54) is 18.6 Å². The summed E-state index contributed by atoms with van der Waals surface area (Å²) in [5.74, 6) is -1.09. The minimum atomic E-state index is -0.545. The summed E-state index contributed by atoms with van der Waals surface area (Å²) >= 11 is 0. The molecule has 1 unspecified atom stereocenters. The van der Waals surface area contributed by atoms with Crippen LogP contribution in [-0.4, -0.2) is 19.1 Å². The molecule has 1 saturated heterocycles. The maximum absolute atomic E-state index is 12.8. The van der Waals surface area contributed by atoms with Crippen molar-refractivity contribution < 1.29 is 8.78 Å². The quantitative estimate of drug-likeness (QED) is 0.802. The van der Waals surface area contributed by atoms with E-state index < -0.39 is 11.6 Å². The van der Waals surface area contributed by atoms with Crippen LogP contribution in [0.2, 0.25) is 0 Å². The van der Waals surface area contributed by atoms with Crippen LogP contribution in [0.5, 0.6) is 0 Å². The third-order valence-corrected chi connectivity index (χ3v) is 2.58. The largest absolute Gasteiger partial charge is 0.383 e. The van der Waals surface area contributed by atoms with Gasteiger partial charge in [-0.25, -0.2) is 8.78 Å². The van der Waals surface area contributed by atoms with Gasteiger partial charge in [-0.05, 0) is 31.5 Å². The highest BCUT2D eigenvalue weighted by Crippen LogP contribution is 2.13. The number of halogens is 2. The monoisotopic (exact) mass is 212 g/mol. The first-order valence-corrected chi connectivity index (χ1v) is 5.17. The Morgan fingerprint density at radius 1 is 1.27 bits per heavy atom. The maximum atomic E-state index is 12.8. The molecule has 1 heterocycles. The highest BCUT2D eigenvalue weighted by atomic mass is 19.1. The van der Waals surface area contributed by atoms with Crippen molar-refractivity contribution in [3.8, 4) is 0 Å². The molecule has 1 atom stereocenters. The number of hydrogen-bond acceptors (Lipinski definition) is 2. The van der Waals surface area contributed by atoms with Crippen molar-refractivity contribution in [3.05, 3.63) is 29.8 Å². The Kier molecular flexibility index (Phi) is 3.16. The summed E-state index contributed by atoms with van der Waals surface area (Å²) in [4.78, 5) is 0. The van der Waals surface area contributed by atoms with Crippen LogP contribution in [0.3, 0.4) is 0 Å². The predicted molar refractivity (Wildman–Crippen MR) is 55.9 cm³/mol. The van der Waals surface area contributed by atoms with Crippen molar-refractivity contribution in [1.82, 2.24) is 5.32 Å². The van der Waals surface area contributed by atoms with E-state index in [2.05, 4.69) is 10.6 Å². The Morgan fingerprint density at radius 3 is 2.60 bits per heavy atom. The van der Waals surface area contributed by atoms with Crippen molar-refractivity contribution in [2.45, 2.75) is 18.9 Å². The van der Waals surface area contributed by atoms with Crippen LogP contribution in [0.25, 0.3) is 0 Å². The Balaban J connectivity index is 1.92. The molecule has 2 nitrogen and oxygen atoms in total. The minimum absolute atomic E-state index is 0.413. The second-order valence-corrected chi connectivity index (χ2v) is 3.83. The number of benzene rings is 1. The van der Waals surface area contributed by atoms with Gasteiger partial charge in [0.25, 0.3) is 0 Å². The first-order valence-electron chi connectivity index (χ1n) is 5.17. The standard InChI is InChI=1S/C11H14F2N2/c12-8-4-9(13)6-11(5-8)15-7-10-2-1-3-14-10/h4-6,10,14-15H,1-3,7H2. The van der Waals surface area contributed by atoms with E-state index in [0.29, 0.717) is 18.3 Å². The smallest absolute Gasteiger partial charge is 0.128 e. The lowest BCUT2D eigenvalue weighted by atomic mass is 10.2. The molecule has 1 aromatic carbocycles. The van der Waals surface area contributed by atoms with Gasteiger partial charge in [0.05, 0.1) is 0 Å². The molecule has 1 aliphatic rings. The van der Waals surface area contributed by atoms with Crippen LogP contribution in [0, 0.1) is 11.6 Å². The van der Waals surface area contributed by atoms with Gasteiger partial charge in [0.1, 0.15) is 11.6 Å². The molecule has 2 N–H and O–H groups in total. The highest BCUT2D eigenvalue weighted by molar-refractivity contribution is 5.43. The van der Waals surface area contributed by atoms with Crippen LogP contribution < -0.4 is 10.6 Å². The fraction of sp³-hybridized carbons (Fsp3) is 0.455. The zero-order valence-corrected chi connectivity index (χ0v) is 8.39. The molecule has 0 amide bonds. The highest BCUT2D eigenvalue weighted by Gasteiger charge is 2.13. The molecule has 1 aromatic rings. The fourth-order valence-corrected chi connectivity index (χ4v) is 1.83. The average molecular weight is 212 g/mol. The van der Waals surface area contributed by atoms with Crippen LogP contribution in [-0.2, 0) is 0 Å². The summed E-state index contributed by atoms with van der Waals surface area (Å²) in [7, 11) is 0. The normalized spacial score (nSPS) is 20.5. The third-order valence-electron chi connectivity index (χ3n) is 2.58. The van der Waals surface area contributed by atoms with Gasteiger partial charge >= 0.3 is 0 Å². The second kappa shape index (κ2) is 4.57. The lowest BCUT2D eigenvalue weighted by molar-refractivity contribution is 0.582. The molecule has 0 aliphatic carbocycles. The molecule has 2 rings (SSSR count). The molecule has 0 bridgehead atoms. The zero-order chi connectivity index (χ0) is 10.7. The Hall–Kier alpha value is -1.16. The summed E-state index contributed by atoms with van der Waals surface area (Å²) in [5.41, 5.74) is 0.501. The number of anilines is 1. The third kappa shape index (κ3) is 2.89. The van der Waals surface area contributed by atoms with Gasteiger partial charge in [-0.2, -0.15) is 0 Å². The average Bonchev–Trinajstić information content (AvgIpc) is 2.65. The molecule has 15 heavy (non-hydrogen) atoms. The van der Waals surface area contributed by atoms with Crippen molar-refractivity contribution >= 4 is 5.69 Å². The lowest BCUT2D eigenvalue weighted by Gasteiger charge is -2.12. The van der Waals surface area contributed by atoms with Gasteiger partial charge in [-0.3, -0.25) is 0 Å². The van der Waals surface area contributed by atoms with Gasteiger partial charge in [0.2, 0.25) is 0 Å². The molecular weight excluding hydrogens is 198 g/mol. The number of hydrogen-bond donors (Lipinski definition) is 2. The van der Waals surface area contributed by atoms with Gasteiger partial charge in [0, 0.05) is 24.3 Å². The molecule has 0 saturated carbocycles. The van der Waals surface area contributed by atoms with Gasteiger partial charge in [-0.1, -0.05) is 0 Å². The molecule has 1 aliphatic heterocycles. The van der Waals surface area contributed by atoms with Crippen LogP contribution in [0.15, 0.2) is 18.2 Å². The van der Waals surface area contributed by atoms with Gasteiger partial charge in [0.15, 0.2) is 0 Å². The van der Waals surface area contributed by atoms with E-state index in [9.17, 15) is 8.78 Å². The number of nitrogens with one attached hydrogen (secondary N) is 2. The molecule has 4 heteroatoms. The molecule has 1 fully saturated rings. The van der Waals surface area contributed by atoms with Crippen molar-refractivity contribution in [1.29, 1.82) is 0 Å². The summed E-state index contributed by atoms with van der Waals surface area (Å²) in [5, 5.41) is 6.33. The van der Waals surface area contributed by atoms with E-state index >= 15 is 0 Å². The maximum Gasteiger partial charge on any atom is 0.128 e. The molecule has 0 spiro atoms. The summed E-state index contributed by atoms with van der Waals surface area (Å²) < 4.78 is 25.7. The summed E-state index contributed by atoms with van der Waals surface area (Å²) in [6.07, 6.45) is 2.29. The van der Waals surface area contributed by atoms with Gasteiger partial charge < -0.3 is 10.6 Å². The minimum Gasteiger partial charge on any atom is -0.383 e. The van der Waals surface area contributed by atoms with Crippen molar-refractivity contribution in [3.63, 3.8) is 0 Å². The first-order chi connectivity index (χ1) is 7.24. The lowest BCUT2D eigenvalue weighted by Crippen LogP contribution is -2.29. The van der Waals surface area contributed by atoms with E-state index in [0.717, 1.165) is 19.0 Å². The fourth-order valence-electron chi connectivity index (χ4n) is 1.83. The zero-order valence-electron chi connectivity index (χ0n) is 8.39. The van der Waals surface area contributed by atoms with Crippen molar-refractivity contribution in [2.24, 2.45) is 0 Å². The van der Waals surface area contributed by atoms with E-state index in [1.807, 2.05) is 0 Å². The first kappa shape index (κ1) is 10.4. The van der Waals surface area contributed by atoms with Crippen LogP contribution >= 0.6 is 0 Å². The topological polar surface area (TPSA) is 24.1 Å². The Morgan fingerprint density at radius 2 is 2.00 bits per heavy atom. The SMILES string of the molecule is Fc1cc(F)cc(NCC2CCCN2)c1. The Labute approximate surface area is 87.7 Å².